The molecule has 0 saturated carbocycles. The van der Waals surface area contributed by atoms with E-state index in [0.29, 0.717) is 0 Å². The van der Waals surface area contributed by atoms with E-state index in [1.165, 1.54) is 6.21 Å². The zero-order valence-electron chi connectivity index (χ0n) is 12.0. The van der Waals surface area contributed by atoms with E-state index < -0.39 is 31.0 Å². The third-order valence-electron chi connectivity index (χ3n) is 3.06. The highest BCUT2D eigenvalue weighted by Gasteiger charge is 2.29. The molecule has 5 N–H and O–H groups in total. The summed E-state index contributed by atoms with van der Waals surface area (Å²) in [5.74, 6) is 0.571. The van der Waals surface area contributed by atoms with Crippen LogP contribution in [-0.2, 0) is 0 Å². The third kappa shape index (κ3) is 5.97. The first-order chi connectivity index (χ1) is 8.72. The maximum Gasteiger partial charge on any atom is 0.117 e. The van der Waals surface area contributed by atoms with Gasteiger partial charge in [-0.15, -0.1) is 0 Å². The van der Waals surface area contributed by atoms with Gasteiger partial charge in [-0.05, 0) is 11.8 Å². The molecule has 0 aliphatic rings. The molecule has 6 nitrogen and oxygen atoms in total. The Morgan fingerprint density at radius 2 is 1.37 bits per heavy atom. The highest BCUT2D eigenvalue weighted by Crippen LogP contribution is 2.16. The average molecular weight is 277 g/mol. The van der Waals surface area contributed by atoms with Crippen molar-refractivity contribution in [2.24, 2.45) is 16.8 Å². The van der Waals surface area contributed by atoms with Gasteiger partial charge in [-0.1, -0.05) is 27.7 Å². The largest absolute Gasteiger partial charge is 0.394 e. The minimum atomic E-state index is -1.62. The van der Waals surface area contributed by atoms with Gasteiger partial charge >= 0.3 is 0 Å². The smallest absolute Gasteiger partial charge is 0.117 e. The molecule has 0 rings (SSSR count). The van der Waals surface area contributed by atoms with Gasteiger partial charge in [0.05, 0.1) is 12.6 Å². The Kier molecular flexibility index (Phi) is 8.36. The molecule has 0 aromatic carbocycles. The van der Waals surface area contributed by atoms with E-state index >= 15 is 0 Å². The SMILES string of the molecule is CC(C)C(/N=C/[C@H](O)[C@@H](O)[C@H](O)[C@H](O)CO)C(C)C. The van der Waals surface area contributed by atoms with Crippen molar-refractivity contribution in [3.63, 3.8) is 0 Å². The van der Waals surface area contributed by atoms with Crippen molar-refractivity contribution in [2.75, 3.05) is 6.61 Å². The van der Waals surface area contributed by atoms with Gasteiger partial charge in [-0.3, -0.25) is 4.99 Å². The summed E-state index contributed by atoms with van der Waals surface area (Å²) < 4.78 is 0. The Hall–Kier alpha value is -0.530. The molecule has 0 unspecified atom stereocenters. The maximum absolute atomic E-state index is 9.69. The molecule has 0 amide bonds. The second-order valence-electron chi connectivity index (χ2n) is 5.50. The molecule has 4 atom stereocenters. The lowest BCUT2D eigenvalue weighted by Crippen LogP contribution is -2.46. The van der Waals surface area contributed by atoms with E-state index in [1.807, 2.05) is 27.7 Å². The Morgan fingerprint density at radius 3 is 1.74 bits per heavy atom. The van der Waals surface area contributed by atoms with Crippen LogP contribution in [0.4, 0.5) is 0 Å². The van der Waals surface area contributed by atoms with Crippen molar-refractivity contribution in [3.8, 4) is 0 Å². The van der Waals surface area contributed by atoms with Crippen LogP contribution < -0.4 is 0 Å². The Labute approximate surface area is 114 Å². The Balaban J connectivity index is 4.61. The minimum Gasteiger partial charge on any atom is -0.394 e. The molecule has 0 spiro atoms. The standard InChI is InChI=1S/C13H27NO5/c1-7(2)11(8(3)4)14-5-9(16)12(18)13(19)10(17)6-15/h5,7-13,15-19H,6H2,1-4H3/b14-5+/t9-,10+,12+,13+/m0/s1. The van der Waals surface area contributed by atoms with Crippen LogP contribution in [0.25, 0.3) is 0 Å². The molecule has 0 aliphatic heterocycles. The lowest BCUT2D eigenvalue weighted by molar-refractivity contribution is -0.1000. The van der Waals surface area contributed by atoms with Crippen molar-refractivity contribution in [1.29, 1.82) is 0 Å². The van der Waals surface area contributed by atoms with Gasteiger partial charge in [0, 0.05) is 6.21 Å². The highest BCUT2D eigenvalue weighted by atomic mass is 16.4. The van der Waals surface area contributed by atoms with E-state index in [4.69, 9.17) is 5.11 Å². The third-order valence-corrected chi connectivity index (χ3v) is 3.06. The van der Waals surface area contributed by atoms with Crippen molar-refractivity contribution >= 4 is 6.21 Å². The summed E-state index contributed by atoms with van der Waals surface area (Å²) >= 11 is 0. The number of aliphatic hydroxyl groups excluding tert-OH is 5. The number of nitrogens with zero attached hydrogens (tertiary/aromatic N) is 1. The van der Waals surface area contributed by atoms with Crippen LogP contribution in [-0.4, -0.2) is 68.8 Å². The monoisotopic (exact) mass is 277 g/mol. The molecule has 0 fully saturated rings. The van der Waals surface area contributed by atoms with Crippen LogP contribution in [0, 0.1) is 11.8 Å². The van der Waals surface area contributed by atoms with Crippen molar-refractivity contribution < 1.29 is 25.5 Å². The van der Waals surface area contributed by atoms with Gasteiger partial charge < -0.3 is 25.5 Å². The molecule has 0 aromatic rings. The molecule has 6 heteroatoms. The summed E-state index contributed by atoms with van der Waals surface area (Å²) in [5.41, 5.74) is 0. The molecular formula is C13H27NO5. The van der Waals surface area contributed by atoms with Crippen LogP contribution in [0.15, 0.2) is 4.99 Å². The highest BCUT2D eigenvalue weighted by molar-refractivity contribution is 5.64. The lowest BCUT2D eigenvalue weighted by Gasteiger charge is -2.25. The van der Waals surface area contributed by atoms with E-state index in [9.17, 15) is 20.4 Å². The topological polar surface area (TPSA) is 114 Å². The van der Waals surface area contributed by atoms with Gasteiger partial charge in [0.15, 0.2) is 0 Å². The maximum atomic E-state index is 9.69. The molecule has 0 heterocycles. The van der Waals surface area contributed by atoms with Crippen LogP contribution in [0.1, 0.15) is 27.7 Å². The molecule has 0 bridgehead atoms. The van der Waals surface area contributed by atoms with Crippen LogP contribution in [0.5, 0.6) is 0 Å². The molecule has 0 saturated heterocycles. The van der Waals surface area contributed by atoms with Crippen LogP contribution in [0.2, 0.25) is 0 Å². The Morgan fingerprint density at radius 1 is 0.895 bits per heavy atom. The van der Waals surface area contributed by atoms with Crippen molar-refractivity contribution in [2.45, 2.75) is 58.2 Å². The van der Waals surface area contributed by atoms with Crippen molar-refractivity contribution in [3.05, 3.63) is 0 Å². The number of hydrogen-bond donors (Lipinski definition) is 5. The summed E-state index contributed by atoms with van der Waals surface area (Å²) in [5, 5.41) is 46.6. The summed E-state index contributed by atoms with van der Waals surface area (Å²) in [6.07, 6.45) is -4.92. The fourth-order valence-electron chi connectivity index (χ4n) is 1.93. The zero-order valence-corrected chi connectivity index (χ0v) is 12.0. The first-order valence-electron chi connectivity index (χ1n) is 6.58. The average Bonchev–Trinajstić information content (AvgIpc) is 2.34. The second kappa shape index (κ2) is 8.60. The predicted octanol–water partition coefficient (Wildman–Crippen LogP) is -0.826. The normalized spacial score (nSPS) is 19.4. The predicted molar refractivity (Wildman–Crippen MR) is 73.1 cm³/mol. The number of hydrogen-bond acceptors (Lipinski definition) is 6. The lowest BCUT2D eigenvalue weighted by atomic mass is 9.94. The molecular weight excluding hydrogens is 250 g/mol. The number of rotatable bonds is 8. The van der Waals surface area contributed by atoms with Gasteiger partial charge in [-0.25, -0.2) is 0 Å². The number of aliphatic hydroxyl groups is 5. The van der Waals surface area contributed by atoms with E-state index in [-0.39, 0.29) is 17.9 Å². The Bertz CT molecular complexity index is 262. The summed E-state index contributed by atoms with van der Waals surface area (Å²) in [7, 11) is 0. The zero-order chi connectivity index (χ0) is 15.2. The summed E-state index contributed by atoms with van der Waals surface area (Å²) in [4.78, 5) is 4.22. The first kappa shape index (κ1) is 18.5. The molecule has 19 heavy (non-hydrogen) atoms. The fourth-order valence-corrected chi connectivity index (χ4v) is 1.93. The molecule has 0 aliphatic carbocycles. The van der Waals surface area contributed by atoms with Gasteiger partial charge in [0.2, 0.25) is 0 Å². The summed E-state index contributed by atoms with van der Waals surface area (Å²) in [6, 6.07) is 0.00163. The van der Waals surface area contributed by atoms with Gasteiger partial charge in [-0.2, -0.15) is 0 Å². The molecule has 0 radical (unpaired) electrons. The molecule has 0 aromatic heterocycles. The van der Waals surface area contributed by atoms with E-state index in [1.54, 1.807) is 0 Å². The van der Waals surface area contributed by atoms with Crippen molar-refractivity contribution in [1.82, 2.24) is 0 Å². The quantitative estimate of drug-likeness (QED) is 0.372. The minimum absolute atomic E-state index is 0.00163. The first-order valence-corrected chi connectivity index (χ1v) is 6.58. The van der Waals surface area contributed by atoms with Gasteiger partial charge in [0.1, 0.15) is 24.4 Å². The fraction of sp³-hybridized carbons (Fsp3) is 0.923. The number of aliphatic imine (C=N–C) groups is 1. The van der Waals surface area contributed by atoms with Crippen LogP contribution >= 0.6 is 0 Å². The second-order valence-corrected chi connectivity index (χ2v) is 5.50. The van der Waals surface area contributed by atoms with E-state index in [0.717, 1.165) is 0 Å². The summed E-state index contributed by atoms with van der Waals surface area (Å²) in [6.45, 7) is 7.34. The molecule has 114 valence electrons. The van der Waals surface area contributed by atoms with Gasteiger partial charge in [0.25, 0.3) is 0 Å². The van der Waals surface area contributed by atoms with E-state index in [2.05, 4.69) is 4.99 Å². The van der Waals surface area contributed by atoms with Crippen LogP contribution in [0.3, 0.4) is 0 Å².